The van der Waals surface area contributed by atoms with E-state index in [1.807, 2.05) is 0 Å². The molecule has 0 bridgehead atoms. The number of halogens is 1. The number of nitrogens with zero attached hydrogens (tertiary/aromatic N) is 2. The van der Waals surface area contributed by atoms with Crippen molar-refractivity contribution in [3.8, 4) is 0 Å². The number of aryl methyl sites for hydroxylation is 1. The molecule has 0 unspecified atom stereocenters. The third-order valence-corrected chi connectivity index (χ3v) is 3.15. The molecule has 2 aromatic rings. The third kappa shape index (κ3) is 3.05. The zero-order chi connectivity index (χ0) is 14.7. The van der Waals surface area contributed by atoms with E-state index in [4.69, 9.17) is 0 Å². The molecule has 1 aromatic carbocycles. The highest BCUT2D eigenvalue weighted by molar-refractivity contribution is 9.10. The normalized spacial score (nSPS) is 10.2. The number of nitrogens with one attached hydrogen (secondary N) is 2. The standard InChI is InChI=1S/C13H13BrN4O2/c1-15-13(20)11-10(7-18(2)17-11)16-12(19)8-3-5-9(14)6-4-8/h3-7H,1-2H3,(H,15,20)(H,16,19). The Morgan fingerprint density at radius 2 is 1.85 bits per heavy atom. The summed E-state index contributed by atoms with van der Waals surface area (Å²) < 4.78 is 2.36. The summed E-state index contributed by atoms with van der Waals surface area (Å²) in [4.78, 5) is 23.8. The van der Waals surface area contributed by atoms with E-state index in [2.05, 4.69) is 31.7 Å². The largest absolute Gasteiger partial charge is 0.354 e. The fourth-order valence-corrected chi connectivity index (χ4v) is 1.93. The second-order valence-electron chi connectivity index (χ2n) is 4.11. The number of amides is 2. The van der Waals surface area contributed by atoms with Crippen molar-refractivity contribution in [2.24, 2.45) is 7.05 Å². The average Bonchev–Trinajstić information content (AvgIpc) is 2.79. The van der Waals surface area contributed by atoms with Gasteiger partial charge >= 0.3 is 0 Å². The minimum Gasteiger partial charge on any atom is -0.354 e. The van der Waals surface area contributed by atoms with Gasteiger partial charge in [0.15, 0.2) is 5.69 Å². The lowest BCUT2D eigenvalue weighted by Crippen LogP contribution is -2.21. The predicted octanol–water partition coefficient (Wildman–Crippen LogP) is 1.79. The number of carbonyl (C=O) groups excluding carboxylic acids is 2. The Balaban J connectivity index is 2.23. The van der Waals surface area contributed by atoms with Crippen LogP contribution in [0.4, 0.5) is 5.69 Å². The van der Waals surface area contributed by atoms with Gasteiger partial charge in [-0.3, -0.25) is 14.3 Å². The highest BCUT2D eigenvalue weighted by atomic mass is 79.9. The van der Waals surface area contributed by atoms with Crippen LogP contribution in [0.25, 0.3) is 0 Å². The first-order valence-corrected chi connectivity index (χ1v) is 6.63. The van der Waals surface area contributed by atoms with Gasteiger partial charge in [-0.2, -0.15) is 5.10 Å². The lowest BCUT2D eigenvalue weighted by molar-refractivity contribution is 0.0958. The second kappa shape index (κ2) is 5.87. The van der Waals surface area contributed by atoms with E-state index in [0.717, 1.165) is 4.47 Å². The maximum Gasteiger partial charge on any atom is 0.273 e. The second-order valence-corrected chi connectivity index (χ2v) is 5.02. The van der Waals surface area contributed by atoms with Crippen LogP contribution in [0, 0.1) is 0 Å². The highest BCUT2D eigenvalue weighted by Gasteiger charge is 2.17. The molecule has 1 aromatic heterocycles. The summed E-state index contributed by atoms with van der Waals surface area (Å²) in [5, 5.41) is 9.19. The topological polar surface area (TPSA) is 76.0 Å². The molecule has 6 nitrogen and oxygen atoms in total. The van der Waals surface area contributed by atoms with Crippen LogP contribution in [0.15, 0.2) is 34.9 Å². The summed E-state index contributed by atoms with van der Waals surface area (Å²) in [7, 11) is 3.19. The quantitative estimate of drug-likeness (QED) is 0.897. The molecular formula is C13H13BrN4O2. The Bertz CT molecular complexity index is 649. The molecule has 20 heavy (non-hydrogen) atoms. The number of benzene rings is 1. The van der Waals surface area contributed by atoms with Gasteiger partial charge in [0, 0.05) is 30.3 Å². The van der Waals surface area contributed by atoms with E-state index >= 15 is 0 Å². The molecule has 2 amide bonds. The molecule has 2 rings (SSSR count). The van der Waals surface area contributed by atoms with Crippen LogP contribution in [-0.4, -0.2) is 28.6 Å². The summed E-state index contributed by atoms with van der Waals surface area (Å²) in [6, 6.07) is 6.93. The van der Waals surface area contributed by atoms with Gasteiger partial charge in [0.25, 0.3) is 11.8 Å². The van der Waals surface area contributed by atoms with E-state index in [1.165, 1.54) is 11.7 Å². The summed E-state index contributed by atoms with van der Waals surface area (Å²) in [5.41, 5.74) is 1.06. The number of aromatic nitrogens is 2. The maximum atomic E-state index is 12.1. The summed E-state index contributed by atoms with van der Waals surface area (Å²) in [6.07, 6.45) is 1.58. The summed E-state index contributed by atoms with van der Waals surface area (Å²) in [5.74, 6) is -0.646. The van der Waals surface area contributed by atoms with Crippen LogP contribution in [0.3, 0.4) is 0 Å². The molecule has 2 N–H and O–H groups in total. The van der Waals surface area contributed by atoms with Crippen LogP contribution in [0.5, 0.6) is 0 Å². The summed E-state index contributed by atoms with van der Waals surface area (Å²) in [6.45, 7) is 0. The first-order valence-electron chi connectivity index (χ1n) is 5.84. The molecule has 0 saturated heterocycles. The molecular weight excluding hydrogens is 324 g/mol. The number of rotatable bonds is 3. The molecule has 0 fully saturated rings. The first-order chi connectivity index (χ1) is 9.51. The Labute approximate surface area is 124 Å². The van der Waals surface area contributed by atoms with Crippen molar-refractivity contribution in [3.63, 3.8) is 0 Å². The third-order valence-electron chi connectivity index (χ3n) is 2.63. The summed E-state index contributed by atoms with van der Waals surface area (Å²) >= 11 is 3.31. The van der Waals surface area contributed by atoms with Crippen LogP contribution < -0.4 is 10.6 Å². The molecule has 7 heteroatoms. The Morgan fingerprint density at radius 3 is 2.45 bits per heavy atom. The Kier molecular flexibility index (Phi) is 4.19. The minimum atomic E-state index is -0.350. The van der Waals surface area contributed by atoms with Gasteiger partial charge < -0.3 is 10.6 Å². The van der Waals surface area contributed by atoms with Gasteiger partial charge in [0.1, 0.15) is 0 Å². The van der Waals surface area contributed by atoms with Crippen LogP contribution in [-0.2, 0) is 7.05 Å². The fraction of sp³-hybridized carbons (Fsp3) is 0.154. The number of hydrogen-bond acceptors (Lipinski definition) is 3. The molecule has 1 heterocycles. The van der Waals surface area contributed by atoms with Crippen LogP contribution >= 0.6 is 15.9 Å². The first kappa shape index (κ1) is 14.3. The van der Waals surface area contributed by atoms with E-state index < -0.39 is 0 Å². The Morgan fingerprint density at radius 1 is 1.20 bits per heavy atom. The van der Waals surface area contributed by atoms with Crippen molar-refractivity contribution < 1.29 is 9.59 Å². The number of carbonyl (C=O) groups is 2. The monoisotopic (exact) mass is 336 g/mol. The SMILES string of the molecule is CNC(=O)c1nn(C)cc1NC(=O)c1ccc(Br)cc1. The molecule has 0 aliphatic rings. The molecule has 0 radical (unpaired) electrons. The van der Waals surface area contributed by atoms with Gasteiger partial charge in [0.2, 0.25) is 0 Å². The predicted molar refractivity (Wildman–Crippen MR) is 78.7 cm³/mol. The van der Waals surface area contributed by atoms with Crippen molar-refractivity contribution >= 4 is 33.4 Å². The van der Waals surface area contributed by atoms with Crippen LogP contribution in [0.1, 0.15) is 20.8 Å². The zero-order valence-electron chi connectivity index (χ0n) is 11.0. The fourth-order valence-electron chi connectivity index (χ4n) is 1.66. The lowest BCUT2D eigenvalue weighted by Gasteiger charge is -2.04. The molecule has 0 spiro atoms. The molecule has 0 saturated carbocycles. The van der Waals surface area contributed by atoms with Gasteiger partial charge in [-0.05, 0) is 24.3 Å². The minimum absolute atomic E-state index is 0.181. The smallest absolute Gasteiger partial charge is 0.273 e. The van der Waals surface area contributed by atoms with Crippen LogP contribution in [0.2, 0.25) is 0 Å². The molecule has 0 atom stereocenters. The van der Waals surface area contributed by atoms with Crippen molar-refractivity contribution in [1.29, 1.82) is 0 Å². The van der Waals surface area contributed by atoms with E-state index in [9.17, 15) is 9.59 Å². The van der Waals surface area contributed by atoms with Gasteiger partial charge in [-0.25, -0.2) is 0 Å². The Hall–Kier alpha value is -2.15. The zero-order valence-corrected chi connectivity index (χ0v) is 12.6. The maximum absolute atomic E-state index is 12.1. The van der Waals surface area contributed by atoms with E-state index in [0.29, 0.717) is 11.3 Å². The van der Waals surface area contributed by atoms with Gasteiger partial charge in [-0.1, -0.05) is 15.9 Å². The molecule has 0 aliphatic carbocycles. The lowest BCUT2D eigenvalue weighted by atomic mass is 10.2. The van der Waals surface area contributed by atoms with E-state index in [1.54, 1.807) is 37.5 Å². The number of anilines is 1. The van der Waals surface area contributed by atoms with Crippen molar-refractivity contribution in [1.82, 2.24) is 15.1 Å². The van der Waals surface area contributed by atoms with Gasteiger partial charge in [-0.15, -0.1) is 0 Å². The van der Waals surface area contributed by atoms with E-state index in [-0.39, 0.29) is 17.5 Å². The molecule has 104 valence electrons. The highest BCUT2D eigenvalue weighted by Crippen LogP contribution is 2.16. The van der Waals surface area contributed by atoms with Crippen molar-refractivity contribution in [2.45, 2.75) is 0 Å². The molecule has 0 aliphatic heterocycles. The number of hydrogen-bond donors (Lipinski definition) is 2. The average molecular weight is 337 g/mol. The van der Waals surface area contributed by atoms with Gasteiger partial charge in [0.05, 0.1) is 5.69 Å². The van der Waals surface area contributed by atoms with Crippen molar-refractivity contribution in [3.05, 3.63) is 46.2 Å². The van der Waals surface area contributed by atoms with Crippen molar-refractivity contribution in [2.75, 3.05) is 12.4 Å².